The Kier molecular flexibility index (Phi) is 3.72. The van der Waals surface area contributed by atoms with E-state index >= 15 is 0 Å². The van der Waals surface area contributed by atoms with Crippen molar-refractivity contribution in [2.75, 3.05) is 4.31 Å². The normalized spacial score (nSPS) is 17.6. The molecule has 0 bridgehead atoms. The first-order chi connectivity index (χ1) is 10.4. The van der Waals surface area contributed by atoms with Crippen molar-refractivity contribution in [3.8, 4) is 0 Å². The summed E-state index contributed by atoms with van der Waals surface area (Å²) in [5.41, 5.74) is 7.62. The smallest absolute Gasteiger partial charge is 0.270 e. The highest BCUT2D eigenvalue weighted by Crippen LogP contribution is 2.39. The van der Waals surface area contributed by atoms with E-state index in [4.69, 9.17) is 17.3 Å². The Labute approximate surface area is 134 Å². The van der Waals surface area contributed by atoms with Crippen LogP contribution in [-0.2, 0) is 10.0 Å². The van der Waals surface area contributed by atoms with Gasteiger partial charge in [-0.05, 0) is 36.8 Å². The van der Waals surface area contributed by atoms with Crippen molar-refractivity contribution < 1.29 is 8.42 Å². The molecule has 0 radical (unpaired) electrons. The molecule has 0 saturated heterocycles. The van der Waals surface area contributed by atoms with Gasteiger partial charge in [-0.25, -0.2) is 12.7 Å². The first-order valence-corrected chi connectivity index (χ1v) is 8.61. The number of nitrogens with two attached hydrogens (primary N) is 1. The highest BCUT2D eigenvalue weighted by Gasteiger charge is 2.36. The molecule has 0 amide bonds. The van der Waals surface area contributed by atoms with Crippen LogP contribution in [-0.4, -0.2) is 14.5 Å². The van der Waals surface area contributed by atoms with E-state index in [9.17, 15) is 8.42 Å². The molecular formula is C16H15ClN2O2S. The van der Waals surface area contributed by atoms with Gasteiger partial charge in [-0.3, -0.25) is 0 Å². The molecule has 22 heavy (non-hydrogen) atoms. The van der Waals surface area contributed by atoms with E-state index in [1.165, 1.54) is 4.31 Å². The van der Waals surface area contributed by atoms with Crippen molar-refractivity contribution in [2.24, 2.45) is 5.73 Å². The Balaban J connectivity index is 2.33. The monoisotopic (exact) mass is 334 g/mol. The maximum absolute atomic E-state index is 13.1. The molecule has 4 nitrogen and oxygen atoms in total. The van der Waals surface area contributed by atoms with Crippen molar-refractivity contribution in [1.82, 2.24) is 0 Å². The second-order valence-corrected chi connectivity index (χ2v) is 7.25. The van der Waals surface area contributed by atoms with Gasteiger partial charge in [-0.15, -0.1) is 0 Å². The van der Waals surface area contributed by atoms with Gasteiger partial charge in [0.15, 0.2) is 0 Å². The summed E-state index contributed by atoms with van der Waals surface area (Å²) < 4.78 is 27.4. The summed E-state index contributed by atoms with van der Waals surface area (Å²) in [5, 5.41) is 0.207. The molecule has 2 N–H and O–H groups in total. The lowest BCUT2D eigenvalue weighted by Gasteiger charge is -2.33. The van der Waals surface area contributed by atoms with Gasteiger partial charge in [0.25, 0.3) is 10.0 Å². The van der Waals surface area contributed by atoms with E-state index in [2.05, 4.69) is 0 Å². The zero-order valence-electron chi connectivity index (χ0n) is 11.9. The van der Waals surface area contributed by atoms with Crippen LogP contribution in [0.2, 0.25) is 5.02 Å². The zero-order valence-corrected chi connectivity index (χ0v) is 13.5. The number of sulfonamides is 1. The molecule has 6 heteroatoms. The number of hydrogen-bond acceptors (Lipinski definition) is 3. The first-order valence-electron chi connectivity index (χ1n) is 6.79. The van der Waals surface area contributed by atoms with Crippen LogP contribution >= 0.6 is 11.6 Å². The number of nitrogens with zero attached hydrogens (tertiary/aromatic N) is 1. The van der Waals surface area contributed by atoms with Crippen LogP contribution in [0.4, 0.5) is 5.69 Å². The van der Waals surface area contributed by atoms with E-state index in [0.29, 0.717) is 16.9 Å². The average molecular weight is 335 g/mol. The Hall–Kier alpha value is -1.82. The minimum absolute atomic E-state index is 0.116. The number of para-hydroxylation sites is 1. The van der Waals surface area contributed by atoms with Crippen LogP contribution in [0, 0.1) is 0 Å². The Morgan fingerprint density at radius 3 is 2.41 bits per heavy atom. The molecule has 1 atom stereocenters. The van der Waals surface area contributed by atoms with Gasteiger partial charge in [0, 0.05) is 6.04 Å². The van der Waals surface area contributed by atoms with Gasteiger partial charge in [-0.1, -0.05) is 41.9 Å². The van der Waals surface area contributed by atoms with Crippen LogP contribution in [0.25, 0.3) is 6.08 Å². The van der Waals surface area contributed by atoms with Gasteiger partial charge in [0.2, 0.25) is 0 Å². The van der Waals surface area contributed by atoms with Gasteiger partial charge < -0.3 is 5.73 Å². The van der Waals surface area contributed by atoms with E-state index in [-0.39, 0.29) is 9.92 Å². The molecule has 0 aliphatic carbocycles. The molecule has 2 aromatic rings. The lowest BCUT2D eigenvalue weighted by molar-refractivity contribution is 0.591. The Bertz CT molecular complexity index is 846. The standard InChI is InChI=1S/C16H15ClN2O2S/c1-11(18)15-10-12-6-5-9-14(17)16(12)22(20,21)19(15)13-7-3-2-4-8-13/h2-11H,18H2,1H3/t11-/m0/s1. The summed E-state index contributed by atoms with van der Waals surface area (Å²) in [6, 6.07) is 13.4. The lowest BCUT2D eigenvalue weighted by atomic mass is 10.1. The zero-order chi connectivity index (χ0) is 15.9. The molecule has 0 spiro atoms. The van der Waals surface area contributed by atoms with E-state index in [1.54, 1.807) is 55.5 Å². The van der Waals surface area contributed by atoms with Crippen LogP contribution in [0.15, 0.2) is 59.1 Å². The third kappa shape index (κ3) is 2.31. The van der Waals surface area contributed by atoms with E-state index in [1.807, 2.05) is 6.07 Å². The predicted molar refractivity (Wildman–Crippen MR) is 89.2 cm³/mol. The molecule has 2 aromatic carbocycles. The van der Waals surface area contributed by atoms with Gasteiger partial charge in [0.05, 0.1) is 16.4 Å². The highest BCUT2D eigenvalue weighted by atomic mass is 35.5. The largest absolute Gasteiger partial charge is 0.323 e. The molecule has 1 aliphatic rings. The second kappa shape index (κ2) is 5.43. The highest BCUT2D eigenvalue weighted by molar-refractivity contribution is 7.93. The quantitative estimate of drug-likeness (QED) is 0.917. The summed E-state index contributed by atoms with van der Waals surface area (Å²) >= 11 is 6.14. The minimum atomic E-state index is -3.81. The lowest BCUT2D eigenvalue weighted by Crippen LogP contribution is -2.40. The van der Waals surface area contributed by atoms with Crippen molar-refractivity contribution >= 4 is 33.4 Å². The third-order valence-electron chi connectivity index (χ3n) is 3.49. The molecule has 3 rings (SSSR count). The van der Waals surface area contributed by atoms with Crippen molar-refractivity contribution in [1.29, 1.82) is 0 Å². The van der Waals surface area contributed by atoms with Crippen LogP contribution in [0.1, 0.15) is 12.5 Å². The van der Waals surface area contributed by atoms with Gasteiger partial charge >= 0.3 is 0 Å². The molecule has 0 aromatic heterocycles. The molecule has 1 aliphatic heterocycles. The summed E-state index contributed by atoms with van der Waals surface area (Å²) in [7, 11) is -3.81. The maximum atomic E-state index is 13.1. The number of benzene rings is 2. The number of halogens is 1. The fourth-order valence-electron chi connectivity index (χ4n) is 2.53. The van der Waals surface area contributed by atoms with Gasteiger partial charge in [0.1, 0.15) is 4.90 Å². The summed E-state index contributed by atoms with van der Waals surface area (Å²) in [6.45, 7) is 1.76. The number of hydrogen-bond donors (Lipinski definition) is 1. The molecule has 0 saturated carbocycles. The van der Waals surface area contributed by atoms with Crippen LogP contribution in [0.3, 0.4) is 0 Å². The van der Waals surface area contributed by atoms with E-state index < -0.39 is 16.1 Å². The summed E-state index contributed by atoms with van der Waals surface area (Å²) in [6.07, 6.45) is 1.78. The topological polar surface area (TPSA) is 63.4 Å². The summed E-state index contributed by atoms with van der Waals surface area (Å²) in [5.74, 6) is 0. The second-order valence-electron chi connectivity index (χ2n) is 5.12. The number of fused-ring (bicyclic) bond motifs is 1. The maximum Gasteiger partial charge on any atom is 0.270 e. The van der Waals surface area contributed by atoms with Crippen LogP contribution in [0.5, 0.6) is 0 Å². The fourth-order valence-corrected chi connectivity index (χ4v) is 4.82. The number of rotatable bonds is 2. The predicted octanol–water partition coefficient (Wildman–Crippen LogP) is 3.24. The Morgan fingerprint density at radius 1 is 1.09 bits per heavy atom. The third-order valence-corrected chi connectivity index (χ3v) is 5.79. The van der Waals surface area contributed by atoms with Crippen molar-refractivity contribution in [3.05, 3.63) is 64.8 Å². The first kappa shape index (κ1) is 15.1. The molecule has 114 valence electrons. The fraction of sp³-hybridized carbons (Fsp3) is 0.125. The SMILES string of the molecule is C[C@H](N)C1=Cc2cccc(Cl)c2S(=O)(=O)N1c1ccccc1. The van der Waals surface area contributed by atoms with Gasteiger partial charge in [-0.2, -0.15) is 0 Å². The molecular weight excluding hydrogens is 320 g/mol. The molecule has 0 unspecified atom stereocenters. The van der Waals surface area contributed by atoms with Crippen molar-refractivity contribution in [3.63, 3.8) is 0 Å². The van der Waals surface area contributed by atoms with Crippen LogP contribution < -0.4 is 10.0 Å². The average Bonchev–Trinajstić information content (AvgIpc) is 2.46. The Morgan fingerprint density at radius 2 is 1.77 bits per heavy atom. The molecule has 1 heterocycles. The summed E-state index contributed by atoms with van der Waals surface area (Å²) in [4.78, 5) is 0.116. The number of anilines is 1. The van der Waals surface area contributed by atoms with E-state index in [0.717, 1.165) is 0 Å². The molecule has 0 fully saturated rings. The minimum Gasteiger partial charge on any atom is -0.323 e. The van der Waals surface area contributed by atoms with Crippen molar-refractivity contribution in [2.45, 2.75) is 17.9 Å².